The van der Waals surface area contributed by atoms with Gasteiger partial charge in [-0.1, -0.05) is 26.8 Å². The van der Waals surface area contributed by atoms with E-state index in [1.165, 1.54) is 30.3 Å². The summed E-state index contributed by atoms with van der Waals surface area (Å²) < 4.78 is 111. The lowest BCUT2D eigenvalue weighted by atomic mass is 9.86. The number of rotatable bonds is 9. The highest BCUT2D eigenvalue weighted by atomic mass is 19.3. The van der Waals surface area contributed by atoms with Crippen LogP contribution in [-0.4, -0.2) is 39.6 Å². The van der Waals surface area contributed by atoms with Crippen LogP contribution in [0.1, 0.15) is 66.3 Å². The third-order valence-electron chi connectivity index (χ3n) is 7.02. The standard InChI is InChI=1S/C28H30F3NO5/c1-4-26(2,3)24-10-17-9-16(20(29)13-21(17)32(24)14-19(34)15-33)11-25(35)27(7-8-27)18-5-6-22-23(12-18)37-28(30,31)36-22/h5-6,9-10,12-13,19,33-34H,4,7-8,11,14-15H2,1-3H3/t19-/m1/s1/i2D3,4D2,14D2/t19-,26?. The van der Waals surface area contributed by atoms with Gasteiger partial charge in [0.25, 0.3) is 0 Å². The first-order chi connectivity index (χ1) is 20.1. The average Bonchev–Trinajstić information content (AvgIpc) is 3.53. The quantitative estimate of drug-likeness (QED) is 0.413. The fraction of sp³-hybridized carbons (Fsp3) is 0.464. The molecule has 9 heteroatoms. The van der Waals surface area contributed by atoms with E-state index in [-0.39, 0.29) is 28.0 Å². The van der Waals surface area contributed by atoms with Crippen LogP contribution in [0.4, 0.5) is 13.2 Å². The van der Waals surface area contributed by atoms with Crippen LogP contribution in [0.25, 0.3) is 10.9 Å². The van der Waals surface area contributed by atoms with Crippen LogP contribution < -0.4 is 9.47 Å². The number of alkyl halides is 2. The summed E-state index contributed by atoms with van der Waals surface area (Å²) in [7, 11) is 0. The topological polar surface area (TPSA) is 80.9 Å². The predicted octanol–water partition coefficient (Wildman–Crippen LogP) is 4.99. The molecule has 1 fully saturated rings. The Hall–Kier alpha value is -3.04. The van der Waals surface area contributed by atoms with Crippen molar-refractivity contribution in [2.24, 2.45) is 0 Å². The number of fused-ring (bicyclic) bond motifs is 2. The Balaban J connectivity index is 1.60. The maximum atomic E-state index is 15.7. The molecule has 0 saturated heterocycles. The lowest BCUT2D eigenvalue weighted by molar-refractivity contribution is -0.286. The van der Waals surface area contributed by atoms with Crippen LogP contribution in [-0.2, 0) is 28.5 Å². The van der Waals surface area contributed by atoms with Crippen molar-refractivity contribution in [1.29, 1.82) is 0 Å². The Kier molecular flexibility index (Phi) is 4.33. The van der Waals surface area contributed by atoms with Crippen LogP contribution in [0.15, 0.2) is 36.4 Å². The zero-order chi connectivity index (χ0) is 32.8. The summed E-state index contributed by atoms with van der Waals surface area (Å²) >= 11 is 0. The molecule has 1 aliphatic carbocycles. The van der Waals surface area contributed by atoms with Crippen molar-refractivity contribution < 1.29 is 47.2 Å². The van der Waals surface area contributed by atoms with Crippen LogP contribution in [0.3, 0.4) is 0 Å². The summed E-state index contributed by atoms with van der Waals surface area (Å²) in [6, 6.07) is 7.30. The van der Waals surface area contributed by atoms with E-state index in [4.69, 9.17) is 9.60 Å². The summed E-state index contributed by atoms with van der Waals surface area (Å²) in [6.07, 6.45) is -8.15. The number of Topliss-reactive ketones (excluding diaryl/α,β-unsaturated/α-hetero) is 1. The van der Waals surface area contributed by atoms with Gasteiger partial charge in [-0.2, -0.15) is 0 Å². The highest BCUT2D eigenvalue weighted by molar-refractivity contribution is 5.95. The summed E-state index contributed by atoms with van der Waals surface area (Å²) in [5, 5.41) is 20.0. The van der Waals surface area contributed by atoms with E-state index >= 15 is 4.39 Å². The lowest BCUT2D eigenvalue weighted by Gasteiger charge is -2.26. The van der Waals surface area contributed by atoms with Crippen LogP contribution in [0.2, 0.25) is 0 Å². The second-order valence-corrected chi connectivity index (χ2v) is 9.58. The second-order valence-electron chi connectivity index (χ2n) is 9.58. The predicted molar refractivity (Wildman–Crippen MR) is 131 cm³/mol. The molecule has 0 spiro atoms. The highest BCUT2D eigenvalue weighted by Crippen LogP contribution is 2.52. The summed E-state index contributed by atoms with van der Waals surface area (Å²) in [5.74, 6) is -1.81. The molecule has 0 bridgehead atoms. The number of halogens is 3. The van der Waals surface area contributed by atoms with E-state index in [1.54, 1.807) is 0 Å². The minimum atomic E-state index is -3.84. The van der Waals surface area contributed by atoms with Crippen molar-refractivity contribution in [1.82, 2.24) is 4.57 Å². The molecule has 2 heterocycles. The van der Waals surface area contributed by atoms with E-state index in [9.17, 15) is 23.8 Å². The molecule has 37 heavy (non-hydrogen) atoms. The Bertz CT molecular complexity index is 1630. The maximum Gasteiger partial charge on any atom is 0.586 e. The van der Waals surface area contributed by atoms with Crippen LogP contribution in [0.5, 0.6) is 11.5 Å². The number of aromatic nitrogens is 1. The fourth-order valence-electron chi connectivity index (χ4n) is 4.68. The summed E-state index contributed by atoms with van der Waals surface area (Å²) in [5.41, 5.74) is -3.86. The van der Waals surface area contributed by atoms with Crippen LogP contribution >= 0.6 is 0 Å². The minimum absolute atomic E-state index is 0.0631. The Labute approximate surface area is 222 Å². The molecule has 6 nitrogen and oxygen atoms in total. The molecule has 2 aliphatic rings. The van der Waals surface area contributed by atoms with Gasteiger partial charge in [0.1, 0.15) is 11.6 Å². The Morgan fingerprint density at radius 2 is 1.97 bits per heavy atom. The molecule has 3 aromatic rings. The van der Waals surface area contributed by atoms with Crippen molar-refractivity contribution >= 4 is 16.7 Å². The van der Waals surface area contributed by atoms with Crippen molar-refractivity contribution in [3.63, 3.8) is 0 Å². The van der Waals surface area contributed by atoms with Crippen molar-refractivity contribution in [3.05, 3.63) is 59.0 Å². The second kappa shape index (κ2) is 8.77. The van der Waals surface area contributed by atoms with E-state index in [0.717, 1.165) is 19.9 Å². The molecule has 1 unspecified atom stereocenters. The van der Waals surface area contributed by atoms with Gasteiger partial charge in [0.15, 0.2) is 11.5 Å². The van der Waals surface area contributed by atoms with E-state index in [1.807, 2.05) is 0 Å². The van der Waals surface area contributed by atoms with E-state index < -0.39 is 73.3 Å². The molecule has 1 saturated carbocycles. The number of hydrogen-bond acceptors (Lipinski definition) is 5. The normalized spacial score (nSPS) is 23.5. The number of nitrogens with zero attached hydrogens (tertiary/aromatic N) is 1. The third-order valence-corrected chi connectivity index (χ3v) is 7.02. The van der Waals surface area contributed by atoms with Gasteiger partial charge >= 0.3 is 6.29 Å². The van der Waals surface area contributed by atoms with Gasteiger partial charge < -0.3 is 24.3 Å². The first-order valence-corrected chi connectivity index (χ1v) is 11.7. The SMILES string of the molecule is [2H]C([2H])([C@@H](O)CO)n1c(C(C)(C([2H])([2H])[2H])C([2H])([2H])C)cc2cc(CC(=O)C3(c4ccc5c(c4)OC(F)(F)O5)CC3)c(F)cc21. The number of carbonyl (C=O) groups excluding carboxylic acids is 1. The molecular weight excluding hydrogens is 487 g/mol. The maximum absolute atomic E-state index is 15.7. The van der Waals surface area contributed by atoms with E-state index in [0.29, 0.717) is 23.0 Å². The smallest absolute Gasteiger partial charge is 0.395 e. The average molecular weight is 525 g/mol. The van der Waals surface area contributed by atoms with Gasteiger partial charge in [0, 0.05) is 29.8 Å². The van der Waals surface area contributed by atoms with Crippen molar-refractivity contribution in [2.75, 3.05) is 6.61 Å². The Morgan fingerprint density at radius 3 is 2.62 bits per heavy atom. The molecule has 2 aromatic carbocycles. The number of carbonyl (C=O) groups is 1. The van der Waals surface area contributed by atoms with Gasteiger partial charge in [-0.05, 0) is 60.7 Å². The lowest BCUT2D eigenvalue weighted by Crippen LogP contribution is -2.26. The number of aliphatic hydroxyl groups is 2. The number of ether oxygens (including phenoxy) is 2. The first-order valence-electron chi connectivity index (χ1n) is 15.2. The molecule has 0 amide bonds. The van der Waals surface area contributed by atoms with Crippen LogP contribution in [0, 0.1) is 5.82 Å². The molecule has 1 aliphatic heterocycles. The van der Waals surface area contributed by atoms with Gasteiger partial charge in [-0.25, -0.2) is 4.39 Å². The summed E-state index contributed by atoms with van der Waals surface area (Å²) in [6.45, 7) is -4.96. The van der Waals surface area contributed by atoms with Crippen molar-refractivity contribution in [2.45, 2.75) is 76.1 Å². The zero-order valence-electron chi connectivity index (χ0n) is 27.1. The first kappa shape index (κ1) is 18.3. The highest BCUT2D eigenvalue weighted by Gasteiger charge is 2.52. The molecule has 2 atom stereocenters. The van der Waals surface area contributed by atoms with Crippen molar-refractivity contribution in [3.8, 4) is 11.5 Å². The third kappa shape index (κ3) is 4.48. The largest absolute Gasteiger partial charge is 0.586 e. The number of ketones is 1. The van der Waals surface area contributed by atoms with Gasteiger partial charge in [0.2, 0.25) is 0 Å². The number of aliphatic hydroxyl groups excluding tert-OH is 2. The molecule has 1 aromatic heterocycles. The van der Waals surface area contributed by atoms with Gasteiger partial charge in [0.05, 0.1) is 32.9 Å². The van der Waals surface area contributed by atoms with Gasteiger partial charge in [-0.15, -0.1) is 8.78 Å². The zero-order valence-corrected chi connectivity index (χ0v) is 20.1. The number of benzene rings is 2. The minimum Gasteiger partial charge on any atom is -0.395 e. The summed E-state index contributed by atoms with van der Waals surface area (Å²) in [4.78, 5) is 13.6. The molecule has 198 valence electrons. The Morgan fingerprint density at radius 1 is 1.24 bits per heavy atom. The monoisotopic (exact) mass is 524 g/mol. The number of hydrogen-bond donors (Lipinski definition) is 2. The fourth-order valence-corrected chi connectivity index (χ4v) is 4.68. The molecule has 2 N–H and O–H groups in total. The van der Waals surface area contributed by atoms with Gasteiger partial charge in [-0.3, -0.25) is 4.79 Å². The molecular formula is C28H30F3NO5. The molecule has 5 rings (SSSR count). The molecule has 0 radical (unpaired) electrons. The van der Waals surface area contributed by atoms with E-state index in [2.05, 4.69) is 9.47 Å².